The van der Waals surface area contributed by atoms with Gasteiger partial charge in [-0.2, -0.15) is 5.10 Å². The van der Waals surface area contributed by atoms with Crippen molar-refractivity contribution in [3.8, 4) is 10.6 Å². The summed E-state index contributed by atoms with van der Waals surface area (Å²) >= 11 is 8.90. The molecule has 3 aromatic heterocycles. The van der Waals surface area contributed by atoms with Gasteiger partial charge in [-0.1, -0.05) is 11.6 Å². The van der Waals surface area contributed by atoms with Gasteiger partial charge in [0.1, 0.15) is 5.82 Å². The van der Waals surface area contributed by atoms with Crippen LogP contribution < -0.4 is 10.6 Å². The molecule has 0 saturated carbocycles. The number of hydrogen-bond acceptors (Lipinski definition) is 6. The second-order valence-electron chi connectivity index (χ2n) is 6.57. The lowest BCUT2D eigenvalue weighted by atomic mass is 10.2. The van der Waals surface area contributed by atoms with Gasteiger partial charge in [0.25, 0.3) is 11.8 Å². The molecule has 0 unspecified atom stereocenters. The number of benzene rings is 1. The van der Waals surface area contributed by atoms with E-state index in [1.54, 1.807) is 11.3 Å². The maximum absolute atomic E-state index is 13.4. The summed E-state index contributed by atoms with van der Waals surface area (Å²) in [7, 11) is 0. The molecule has 0 bridgehead atoms. The molecule has 0 spiro atoms. The van der Waals surface area contributed by atoms with E-state index in [-0.39, 0.29) is 22.1 Å². The van der Waals surface area contributed by atoms with Crippen LogP contribution in [-0.2, 0) is 6.54 Å². The molecule has 1 aromatic carbocycles. The highest BCUT2D eigenvalue weighted by Gasteiger charge is 2.17. The van der Waals surface area contributed by atoms with Gasteiger partial charge in [-0.15, -0.1) is 22.7 Å². The average Bonchev–Trinajstić information content (AvgIpc) is 3.49. The van der Waals surface area contributed by atoms with E-state index in [9.17, 15) is 18.4 Å². The Labute approximate surface area is 193 Å². The van der Waals surface area contributed by atoms with Gasteiger partial charge >= 0.3 is 0 Å². The summed E-state index contributed by atoms with van der Waals surface area (Å²) < 4.78 is 26.6. The molecule has 0 fully saturated rings. The van der Waals surface area contributed by atoms with Crippen molar-refractivity contribution in [2.75, 3.05) is 5.32 Å². The van der Waals surface area contributed by atoms with Gasteiger partial charge in [-0.25, -0.2) is 13.8 Å². The van der Waals surface area contributed by atoms with Gasteiger partial charge in [0.2, 0.25) is 0 Å². The van der Waals surface area contributed by atoms with Crippen molar-refractivity contribution in [2.24, 2.45) is 0 Å². The Morgan fingerprint density at radius 3 is 2.69 bits per heavy atom. The van der Waals surface area contributed by atoms with Crippen LogP contribution >= 0.6 is 34.3 Å². The van der Waals surface area contributed by atoms with Crippen LogP contribution in [0.5, 0.6) is 0 Å². The van der Waals surface area contributed by atoms with Gasteiger partial charge in [0.15, 0.2) is 17.3 Å². The summed E-state index contributed by atoms with van der Waals surface area (Å²) in [6.07, 6.45) is 0. The van der Waals surface area contributed by atoms with E-state index in [0.29, 0.717) is 18.7 Å². The Bertz CT molecular complexity index is 1320. The number of nitrogens with one attached hydrogen (secondary N) is 3. The molecule has 12 heteroatoms. The van der Waals surface area contributed by atoms with E-state index >= 15 is 0 Å². The van der Waals surface area contributed by atoms with Crippen molar-refractivity contribution in [3.63, 3.8) is 0 Å². The van der Waals surface area contributed by atoms with Gasteiger partial charge in [-0.3, -0.25) is 14.7 Å². The summed E-state index contributed by atoms with van der Waals surface area (Å²) in [5, 5.41) is 14.2. The van der Waals surface area contributed by atoms with E-state index < -0.39 is 23.4 Å². The van der Waals surface area contributed by atoms with Crippen molar-refractivity contribution in [3.05, 3.63) is 73.5 Å². The monoisotopic (exact) mass is 493 g/mol. The number of nitrogens with zero attached hydrogens (tertiary/aromatic N) is 2. The third kappa shape index (κ3) is 4.85. The summed E-state index contributed by atoms with van der Waals surface area (Å²) in [5.41, 5.74) is 0.697. The summed E-state index contributed by atoms with van der Waals surface area (Å²) in [6, 6.07) is 6.59. The first-order valence-electron chi connectivity index (χ1n) is 9.11. The maximum Gasteiger partial charge on any atom is 0.272 e. The van der Waals surface area contributed by atoms with Crippen LogP contribution in [0.1, 0.15) is 30.7 Å². The molecule has 7 nitrogen and oxygen atoms in total. The largest absolute Gasteiger partial charge is 0.346 e. The molecule has 32 heavy (non-hydrogen) atoms. The van der Waals surface area contributed by atoms with Crippen molar-refractivity contribution in [1.29, 1.82) is 0 Å². The van der Waals surface area contributed by atoms with Crippen LogP contribution in [0, 0.1) is 18.6 Å². The highest BCUT2D eigenvalue weighted by atomic mass is 35.5. The number of aromatic nitrogens is 3. The second-order valence-corrected chi connectivity index (χ2v) is 9.21. The third-order valence-electron chi connectivity index (χ3n) is 4.27. The number of aryl methyl sites for hydroxylation is 1. The normalized spacial score (nSPS) is 10.9. The molecule has 3 N–H and O–H groups in total. The minimum atomic E-state index is -1.20. The van der Waals surface area contributed by atoms with Gasteiger partial charge in [-0.05, 0) is 31.2 Å². The number of carbonyl (C=O) groups excluding carboxylic acids is 2. The molecule has 4 rings (SSSR count). The smallest absolute Gasteiger partial charge is 0.272 e. The lowest BCUT2D eigenvalue weighted by molar-refractivity contribution is 0.0945. The van der Waals surface area contributed by atoms with Crippen LogP contribution in [-0.4, -0.2) is 27.0 Å². The van der Waals surface area contributed by atoms with Gasteiger partial charge in [0, 0.05) is 16.3 Å². The van der Waals surface area contributed by atoms with Crippen molar-refractivity contribution in [1.82, 2.24) is 20.5 Å². The molecule has 0 radical (unpaired) electrons. The fourth-order valence-electron chi connectivity index (χ4n) is 2.73. The molecule has 4 aromatic rings. The lowest BCUT2D eigenvalue weighted by Crippen LogP contribution is -2.22. The summed E-state index contributed by atoms with van der Waals surface area (Å²) in [5.74, 6) is -3.50. The van der Waals surface area contributed by atoms with E-state index in [2.05, 4.69) is 25.8 Å². The molecule has 0 atom stereocenters. The molecule has 3 heterocycles. The quantitative estimate of drug-likeness (QED) is 0.328. The standard InChI is InChI=1S/C20H14ClF2N5O2S2/c1-9-25-16(8-31-9)17-3-2-10(32-17)7-24-20(30)15-6-18(28-27-15)26-19(29)11-4-13(22)14(23)5-12(11)21/h2-6,8H,7H2,1H3,(H,24,30)(H2,26,27,28,29). The average molecular weight is 494 g/mol. The Kier molecular flexibility index (Phi) is 6.31. The van der Waals surface area contributed by atoms with Crippen LogP contribution in [0.3, 0.4) is 0 Å². The zero-order chi connectivity index (χ0) is 22.8. The predicted molar refractivity (Wildman–Crippen MR) is 119 cm³/mol. The number of thiophene rings is 1. The number of halogens is 3. The van der Waals surface area contributed by atoms with Crippen molar-refractivity contribution >= 4 is 51.9 Å². The van der Waals surface area contributed by atoms with E-state index in [4.69, 9.17) is 11.6 Å². The Hall–Kier alpha value is -3.15. The van der Waals surface area contributed by atoms with Crippen molar-refractivity contribution < 1.29 is 18.4 Å². The van der Waals surface area contributed by atoms with Crippen LogP contribution in [0.25, 0.3) is 10.6 Å². The number of amides is 2. The summed E-state index contributed by atoms with van der Waals surface area (Å²) in [4.78, 5) is 31.1. The Morgan fingerprint density at radius 1 is 1.16 bits per heavy atom. The zero-order valence-electron chi connectivity index (χ0n) is 16.3. The number of carbonyl (C=O) groups is 2. The molecular weight excluding hydrogens is 480 g/mol. The molecule has 0 aliphatic rings. The third-order valence-corrected chi connectivity index (χ3v) is 6.46. The highest BCUT2D eigenvalue weighted by Crippen LogP contribution is 2.29. The highest BCUT2D eigenvalue weighted by molar-refractivity contribution is 7.16. The number of anilines is 1. The molecule has 0 saturated heterocycles. The van der Waals surface area contributed by atoms with Crippen LogP contribution in [0.2, 0.25) is 5.02 Å². The minimum absolute atomic E-state index is 0.0450. The Morgan fingerprint density at radius 2 is 1.94 bits per heavy atom. The number of aromatic amines is 1. The minimum Gasteiger partial charge on any atom is -0.346 e. The molecule has 0 aliphatic carbocycles. The molecule has 0 aliphatic heterocycles. The number of rotatable bonds is 6. The topological polar surface area (TPSA) is 99.8 Å². The molecule has 2 amide bonds. The van der Waals surface area contributed by atoms with Gasteiger partial charge < -0.3 is 10.6 Å². The number of H-pyrrole nitrogens is 1. The van der Waals surface area contributed by atoms with Crippen LogP contribution in [0.15, 0.2) is 35.7 Å². The van der Waals surface area contributed by atoms with E-state index in [0.717, 1.165) is 20.5 Å². The number of thiazole rings is 1. The van der Waals surface area contributed by atoms with E-state index in [1.165, 1.54) is 17.4 Å². The first-order valence-corrected chi connectivity index (χ1v) is 11.2. The molecule has 164 valence electrons. The number of hydrogen-bond donors (Lipinski definition) is 3. The maximum atomic E-state index is 13.4. The Balaban J connectivity index is 1.36. The van der Waals surface area contributed by atoms with Crippen molar-refractivity contribution in [2.45, 2.75) is 13.5 Å². The zero-order valence-corrected chi connectivity index (χ0v) is 18.7. The molecular formula is C20H14ClF2N5O2S2. The SMILES string of the molecule is Cc1nc(-c2ccc(CNC(=O)c3cc(NC(=O)c4cc(F)c(F)cc4Cl)[nH]n3)s2)cs1. The van der Waals surface area contributed by atoms with E-state index in [1.807, 2.05) is 24.4 Å². The first-order chi connectivity index (χ1) is 15.3. The fraction of sp³-hybridized carbons (Fsp3) is 0.100. The summed E-state index contributed by atoms with van der Waals surface area (Å²) in [6.45, 7) is 2.24. The van der Waals surface area contributed by atoms with Gasteiger partial charge in [0.05, 0.1) is 32.7 Å². The fourth-order valence-corrected chi connectivity index (χ4v) is 4.57. The van der Waals surface area contributed by atoms with Crippen LogP contribution in [0.4, 0.5) is 14.6 Å². The predicted octanol–water partition coefficient (Wildman–Crippen LogP) is 5.02. The lowest BCUT2D eigenvalue weighted by Gasteiger charge is -2.05. The first kappa shape index (κ1) is 22.1. The second kappa shape index (κ2) is 9.15.